The summed E-state index contributed by atoms with van der Waals surface area (Å²) in [5.74, 6) is 0. The van der Waals surface area contributed by atoms with E-state index >= 15 is 0 Å². The number of para-hydroxylation sites is 1. The number of rotatable bonds is 3. The highest BCUT2D eigenvalue weighted by Crippen LogP contribution is 2.17. The Labute approximate surface area is 137 Å². The normalized spacial score (nSPS) is 17.7. The van der Waals surface area contributed by atoms with Crippen molar-refractivity contribution in [1.29, 1.82) is 0 Å². The van der Waals surface area contributed by atoms with Gasteiger partial charge in [-0.1, -0.05) is 18.2 Å². The van der Waals surface area contributed by atoms with Crippen LogP contribution in [0.25, 0.3) is 0 Å². The van der Waals surface area contributed by atoms with Crippen LogP contribution in [-0.2, 0) is 4.74 Å². The molecule has 120 valence electrons. The summed E-state index contributed by atoms with van der Waals surface area (Å²) in [6.45, 7) is 3.63. The van der Waals surface area contributed by atoms with Crippen molar-refractivity contribution in [3.05, 3.63) is 30.3 Å². The molecule has 1 aromatic rings. The lowest BCUT2D eigenvalue weighted by Gasteiger charge is -2.38. The number of anilines is 1. The Morgan fingerprint density at radius 1 is 1.45 bits per heavy atom. The third-order valence-corrected chi connectivity index (χ3v) is 4.21. The maximum atomic E-state index is 11.9. The second-order valence-corrected chi connectivity index (χ2v) is 5.73. The highest BCUT2D eigenvalue weighted by atomic mass is 32.1. The average Bonchev–Trinajstić information content (AvgIpc) is 2.55. The Bertz CT molecular complexity index is 509. The van der Waals surface area contributed by atoms with Crippen LogP contribution in [0.1, 0.15) is 19.8 Å². The van der Waals surface area contributed by atoms with Gasteiger partial charge in [0.15, 0.2) is 5.11 Å². The van der Waals surface area contributed by atoms with E-state index in [2.05, 4.69) is 5.32 Å². The number of nitrogens with zero attached hydrogens (tertiary/aromatic N) is 2. The molecule has 1 aromatic carbocycles. The molecule has 6 heteroatoms. The van der Waals surface area contributed by atoms with E-state index in [4.69, 9.17) is 17.0 Å². The Kier molecular flexibility index (Phi) is 6.00. The second kappa shape index (κ2) is 7.98. The van der Waals surface area contributed by atoms with Gasteiger partial charge in [-0.3, -0.25) is 0 Å². The van der Waals surface area contributed by atoms with E-state index in [1.54, 1.807) is 4.90 Å². The van der Waals surface area contributed by atoms with E-state index in [0.29, 0.717) is 18.3 Å². The van der Waals surface area contributed by atoms with Crippen LogP contribution in [0.4, 0.5) is 10.5 Å². The van der Waals surface area contributed by atoms with Crippen molar-refractivity contribution in [2.75, 3.05) is 32.1 Å². The summed E-state index contributed by atoms with van der Waals surface area (Å²) in [7, 11) is 1.97. The topological polar surface area (TPSA) is 44.8 Å². The number of piperidine rings is 1. The molecule has 5 nitrogen and oxygen atoms in total. The Hall–Kier alpha value is -1.82. The maximum absolute atomic E-state index is 11.9. The molecule has 1 atom stereocenters. The molecular formula is C16H23N3O2S. The summed E-state index contributed by atoms with van der Waals surface area (Å²) >= 11 is 5.48. The number of carbonyl (C=O) groups is 1. The third-order valence-electron chi connectivity index (χ3n) is 3.82. The van der Waals surface area contributed by atoms with Crippen molar-refractivity contribution < 1.29 is 9.53 Å². The van der Waals surface area contributed by atoms with Crippen LogP contribution in [0.5, 0.6) is 0 Å². The number of hydrogen-bond donors (Lipinski definition) is 1. The van der Waals surface area contributed by atoms with Crippen LogP contribution in [0, 0.1) is 0 Å². The molecule has 1 amide bonds. The van der Waals surface area contributed by atoms with E-state index in [9.17, 15) is 4.79 Å². The molecule has 1 aliphatic rings. The summed E-state index contributed by atoms with van der Waals surface area (Å²) < 4.78 is 5.09. The van der Waals surface area contributed by atoms with Gasteiger partial charge < -0.3 is 19.9 Å². The lowest BCUT2D eigenvalue weighted by molar-refractivity contribution is 0.0852. The van der Waals surface area contributed by atoms with E-state index in [-0.39, 0.29) is 12.1 Å². The summed E-state index contributed by atoms with van der Waals surface area (Å²) in [5, 5.41) is 3.90. The minimum atomic E-state index is -0.234. The van der Waals surface area contributed by atoms with Gasteiger partial charge in [-0.25, -0.2) is 4.79 Å². The highest BCUT2D eigenvalue weighted by Gasteiger charge is 2.28. The number of hydrogen-bond acceptors (Lipinski definition) is 3. The summed E-state index contributed by atoms with van der Waals surface area (Å²) in [6, 6.07) is 10.1. The van der Waals surface area contributed by atoms with Gasteiger partial charge in [0.25, 0.3) is 0 Å². The summed E-state index contributed by atoms with van der Waals surface area (Å²) in [4.78, 5) is 15.7. The number of ether oxygens (including phenoxy) is 1. The van der Waals surface area contributed by atoms with Gasteiger partial charge in [0.1, 0.15) is 0 Å². The quantitative estimate of drug-likeness (QED) is 0.867. The van der Waals surface area contributed by atoms with E-state index in [1.807, 2.05) is 49.2 Å². The molecule has 0 aliphatic carbocycles. The minimum Gasteiger partial charge on any atom is -0.450 e. The van der Waals surface area contributed by atoms with Gasteiger partial charge in [0, 0.05) is 31.9 Å². The van der Waals surface area contributed by atoms with E-state index in [0.717, 1.165) is 25.1 Å². The first-order valence-electron chi connectivity index (χ1n) is 7.62. The number of benzene rings is 1. The van der Waals surface area contributed by atoms with Crippen molar-refractivity contribution >= 4 is 29.1 Å². The Balaban J connectivity index is 1.92. The van der Waals surface area contributed by atoms with Crippen LogP contribution >= 0.6 is 12.2 Å². The van der Waals surface area contributed by atoms with Crippen molar-refractivity contribution in [3.63, 3.8) is 0 Å². The third kappa shape index (κ3) is 4.34. The van der Waals surface area contributed by atoms with Gasteiger partial charge in [-0.2, -0.15) is 0 Å². The van der Waals surface area contributed by atoms with E-state index < -0.39 is 0 Å². The van der Waals surface area contributed by atoms with Crippen LogP contribution in [0.2, 0.25) is 0 Å². The molecule has 22 heavy (non-hydrogen) atoms. The van der Waals surface area contributed by atoms with Crippen molar-refractivity contribution in [2.45, 2.75) is 25.8 Å². The number of likely N-dealkylation sites (tertiary alicyclic amines) is 1. The lowest BCUT2D eigenvalue weighted by atomic mass is 10.1. The molecule has 0 spiro atoms. The first-order chi connectivity index (χ1) is 10.6. The second-order valence-electron chi connectivity index (χ2n) is 5.35. The van der Waals surface area contributed by atoms with Crippen molar-refractivity contribution in [2.24, 2.45) is 0 Å². The number of nitrogens with one attached hydrogen (secondary N) is 1. The molecule has 0 aromatic heterocycles. The monoisotopic (exact) mass is 321 g/mol. The standard InChI is InChI=1S/C16H23N3O2S/c1-3-21-16(20)19-11-7-10-14(12-19)18(2)15(22)17-13-8-5-4-6-9-13/h4-6,8-9,14H,3,7,10-12H2,1-2H3,(H,17,22). The fourth-order valence-corrected chi connectivity index (χ4v) is 2.82. The predicted octanol–water partition coefficient (Wildman–Crippen LogP) is 2.94. The van der Waals surface area contributed by atoms with Gasteiger partial charge in [-0.05, 0) is 44.1 Å². The van der Waals surface area contributed by atoms with Crippen LogP contribution in [0.15, 0.2) is 30.3 Å². The fourth-order valence-electron chi connectivity index (χ4n) is 2.55. The molecular weight excluding hydrogens is 298 g/mol. The van der Waals surface area contributed by atoms with Gasteiger partial charge in [0.05, 0.1) is 6.61 Å². The summed E-state index contributed by atoms with van der Waals surface area (Å²) in [6.07, 6.45) is 1.74. The van der Waals surface area contributed by atoms with Crippen molar-refractivity contribution in [1.82, 2.24) is 9.80 Å². The first-order valence-corrected chi connectivity index (χ1v) is 8.03. The minimum absolute atomic E-state index is 0.210. The highest BCUT2D eigenvalue weighted by molar-refractivity contribution is 7.80. The molecule has 1 unspecified atom stereocenters. The Morgan fingerprint density at radius 2 is 2.18 bits per heavy atom. The smallest absolute Gasteiger partial charge is 0.409 e. The lowest BCUT2D eigenvalue weighted by Crippen LogP contribution is -2.51. The van der Waals surface area contributed by atoms with Crippen LogP contribution < -0.4 is 5.32 Å². The zero-order valence-corrected chi connectivity index (χ0v) is 13.9. The SMILES string of the molecule is CCOC(=O)N1CCCC(N(C)C(=S)Nc2ccccc2)C1. The zero-order valence-electron chi connectivity index (χ0n) is 13.1. The predicted molar refractivity (Wildman–Crippen MR) is 92.0 cm³/mol. The summed E-state index contributed by atoms with van der Waals surface area (Å²) in [5.41, 5.74) is 0.970. The molecule has 1 N–H and O–H groups in total. The number of carbonyl (C=O) groups excluding carboxylic acids is 1. The molecule has 0 radical (unpaired) electrons. The molecule has 1 aliphatic heterocycles. The van der Waals surface area contributed by atoms with E-state index in [1.165, 1.54) is 0 Å². The largest absolute Gasteiger partial charge is 0.450 e. The van der Waals surface area contributed by atoms with Gasteiger partial charge >= 0.3 is 6.09 Å². The van der Waals surface area contributed by atoms with Gasteiger partial charge in [0.2, 0.25) is 0 Å². The Morgan fingerprint density at radius 3 is 2.86 bits per heavy atom. The molecule has 1 fully saturated rings. The zero-order chi connectivity index (χ0) is 15.9. The number of likely N-dealkylation sites (N-methyl/N-ethyl adjacent to an activating group) is 1. The first kappa shape index (κ1) is 16.5. The maximum Gasteiger partial charge on any atom is 0.409 e. The van der Waals surface area contributed by atoms with Crippen LogP contribution in [-0.4, -0.2) is 53.8 Å². The number of amides is 1. The molecule has 0 saturated carbocycles. The average molecular weight is 321 g/mol. The van der Waals surface area contributed by atoms with Crippen LogP contribution in [0.3, 0.4) is 0 Å². The van der Waals surface area contributed by atoms with Crippen molar-refractivity contribution in [3.8, 4) is 0 Å². The molecule has 1 heterocycles. The molecule has 0 bridgehead atoms. The number of thiocarbonyl (C=S) groups is 1. The fraction of sp³-hybridized carbons (Fsp3) is 0.500. The molecule has 2 rings (SSSR count). The van der Waals surface area contributed by atoms with Gasteiger partial charge in [-0.15, -0.1) is 0 Å². The molecule has 1 saturated heterocycles.